The molecule has 0 amide bonds. The second-order valence-corrected chi connectivity index (χ2v) is 9.84. The Morgan fingerprint density at radius 1 is 1.11 bits per heavy atom. The number of para-hydroxylation sites is 1. The van der Waals surface area contributed by atoms with Crippen molar-refractivity contribution in [1.82, 2.24) is 24.3 Å². The van der Waals surface area contributed by atoms with Crippen LogP contribution in [0.3, 0.4) is 0 Å². The van der Waals surface area contributed by atoms with Crippen molar-refractivity contribution in [3.8, 4) is 28.8 Å². The number of imidazole rings is 1. The zero-order chi connectivity index (χ0) is 25.3. The highest BCUT2D eigenvalue weighted by molar-refractivity contribution is 7.93. The minimum absolute atomic E-state index is 0.143. The first-order valence-electron chi connectivity index (χ1n) is 10.6. The summed E-state index contributed by atoms with van der Waals surface area (Å²) in [4.78, 5) is 4.06. The van der Waals surface area contributed by atoms with Gasteiger partial charge in [-0.05, 0) is 38.1 Å². The summed E-state index contributed by atoms with van der Waals surface area (Å²) in [5.41, 5.74) is 0.363. The van der Waals surface area contributed by atoms with Crippen LogP contribution in [0.15, 0.2) is 47.1 Å². The summed E-state index contributed by atoms with van der Waals surface area (Å²) in [5.74, 6) is 2.05. The molecule has 13 heteroatoms. The molecule has 0 spiro atoms. The Balaban J connectivity index is 1.84. The molecule has 12 nitrogen and oxygen atoms in total. The second-order valence-electron chi connectivity index (χ2n) is 7.80. The fourth-order valence-electron chi connectivity index (χ4n) is 3.59. The van der Waals surface area contributed by atoms with E-state index in [4.69, 9.17) is 13.9 Å². The van der Waals surface area contributed by atoms with Crippen LogP contribution in [0.4, 0.5) is 5.95 Å². The van der Waals surface area contributed by atoms with Gasteiger partial charge >= 0.3 is 0 Å². The van der Waals surface area contributed by atoms with Gasteiger partial charge in [0.15, 0.2) is 5.76 Å². The zero-order valence-electron chi connectivity index (χ0n) is 19.8. The highest BCUT2D eigenvalue weighted by Gasteiger charge is 2.34. The van der Waals surface area contributed by atoms with Crippen LogP contribution in [0.25, 0.3) is 17.3 Å². The van der Waals surface area contributed by atoms with Crippen LogP contribution < -0.4 is 14.2 Å². The third-order valence-corrected chi connectivity index (χ3v) is 7.24. The van der Waals surface area contributed by atoms with Gasteiger partial charge in [-0.1, -0.05) is 6.07 Å². The lowest BCUT2D eigenvalue weighted by Crippen LogP contribution is -2.33. The molecular formula is C22H26N6O6S. The van der Waals surface area contributed by atoms with Gasteiger partial charge in [0.05, 0.1) is 14.2 Å². The molecule has 2 atom stereocenters. The number of nitrogens with one attached hydrogen (secondary N) is 1. The molecule has 0 radical (unpaired) electrons. The molecule has 35 heavy (non-hydrogen) atoms. The minimum atomic E-state index is -4.18. The fraction of sp³-hybridized carbons (Fsp3) is 0.318. The van der Waals surface area contributed by atoms with E-state index in [1.54, 1.807) is 55.1 Å². The third kappa shape index (κ3) is 4.47. The first-order chi connectivity index (χ1) is 16.7. The standard InChI is InChI=1S/C22H26N6O6S/c1-13-9-10-17(34-13)20-24-25-22(28(20)18-15(32-4)7-6-8-16(18)33-5)26-35(30,31)14(2)19(29)21-23-11-12-27(21)3/h6-12,14,19,29H,1-5H3,(H,25,26)/t14-,19-/m1/s1. The predicted octanol–water partition coefficient (Wildman–Crippen LogP) is 2.45. The Morgan fingerprint density at radius 3 is 2.34 bits per heavy atom. The molecule has 2 N–H and O–H groups in total. The third-order valence-electron chi connectivity index (χ3n) is 5.54. The number of benzene rings is 1. The fourth-order valence-corrected chi connectivity index (χ4v) is 4.62. The van der Waals surface area contributed by atoms with E-state index in [1.165, 1.54) is 31.9 Å². The number of nitrogens with zero attached hydrogens (tertiary/aromatic N) is 5. The van der Waals surface area contributed by atoms with Gasteiger partial charge in [0.2, 0.25) is 21.8 Å². The van der Waals surface area contributed by atoms with Crippen LogP contribution in [0, 0.1) is 6.92 Å². The molecule has 4 aromatic rings. The number of methoxy groups -OCH3 is 2. The molecule has 0 aliphatic carbocycles. The van der Waals surface area contributed by atoms with Crippen LogP contribution in [0.5, 0.6) is 11.5 Å². The lowest BCUT2D eigenvalue weighted by Gasteiger charge is -2.21. The Hall–Kier alpha value is -3.84. The molecule has 0 fully saturated rings. The van der Waals surface area contributed by atoms with E-state index in [2.05, 4.69) is 19.9 Å². The number of aliphatic hydroxyl groups excluding tert-OH is 1. The molecule has 0 bridgehead atoms. The molecule has 0 aliphatic heterocycles. The van der Waals surface area contributed by atoms with Gasteiger partial charge in [-0.2, -0.15) is 0 Å². The van der Waals surface area contributed by atoms with Crippen molar-refractivity contribution in [2.75, 3.05) is 18.9 Å². The minimum Gasteiger partial charge on any atom is -0.494 e. The smallest absolute Gasteiger partial charge is 0.243 e. The summed E-state index contributed by atoms with van der Waals surface area (Å²) in [6, 6.07) is 8.57. The first-order valence-corrected chi connectivity index (χ1v) is 12.1. The molecule has 186 valence electrons. The van der Waals surface area contributed by atoms with E-state index >= 15 is 0 Å². The molecule has 3 aromatic heterocycles. The number of rotatable bonds is 9. The molecule has 0 saturated carbocycles. The summed E-state index contributed by atoms with van der Waals surface area (Å²) in [5, 5.41) is 17.7. The van der Waals surface area contributed by atoms with Gasteiger partial charge in [0, 0.05) is 19.4 Å². The average molecular weight is 503 g/mol. The van der Waals surface area contributed by atoms with Gasteiger partial charge in [0.25, 0.3) is 0 Å². The zero-order valence-corrected chi connectivity index (χ0v) is 20.6. The highest BCUT2D eigenvalue weighted by atomic mass is 32.2. The van der Waals surface area contributed by atoms with Gasteiger partial charge in [0.1, 0.15) is 40.1 Å². The lowest BCUT2D eigenvalue weighted by molar-refractivity contribution is 0.163. The SMILES string of the molecule is COc1cccc(OC)c1-n1c(NS(=O)(=O)[C@H](C)[C@@H](O)c2nccn2C)nnc1-c1ccc(C)o1. The average Bonchev–Trinajstić information content (AvgIpc) is 3.57. The van der Waals surface area contributed by atoms with Gasteiger partial charge < -0.3 is 23.6 Å². The topological polar surface area (TPSA) is 147 Å². The largest absolute Gasteiger partial charge is 0.494 e. The first kappa shape index (κ1) is 24.3. The van der Waals surface area contributed by atoms with Crippen molar-refractivity contribution in [2.45, 2.75) is 25.2 Å². The van der Waals surface area contributed by atoms with Gasteiger partial charge in [-0.15, -0.1) is 10.2 Å². The molecule has 1 aromatic carbocycles. The van der Waals surface area contributed by atoms with E-state index in [-0.39, 0.29) is 17.6 Å². The van der Waals surface area contributed by atoms with Crippen molar-refractivity contribution in [1.29, 1.82) is 0 Å². The maximum Gasteiger partial charge on any atom is 0.243 e. The Kier molecular flexibility index (Phi) is 6.54. The van der Waals surface area contributed by atoms with E-state index < -0.39 is 21.4 Å². The molecule has 4 rings (SSSR count). The van der Waals surface area contributed by atoms with Crippen molar-refractivity contribution < 1.29 is 27.4 Å². The Labute approximate surface area is 202 Å². The van der Waals surface area contributed by atoms with Crippen LogP contribution in [-0.4, -0.2) is 57.3 Å². The number of anilines is 1. The van der Waals surface area contributed by atoms with Gasteiger partial charge in [-0.3, -0.25) is 9.29 Å². The number of ether oxygens (including phenoxy) is 2. The summed E-state index contributed by atoms with van der Waals surface area (Å²) in [6.07, 6.45) is 1.71. The summed E-state index contributed by atoms with van der Waals surface area (Å²) < 4.78 is 48.9. The number of aliphatic hydroxyl groups is 1. The van der Waals surface area contributed by atoms with E-state index in [1.807, 2.05) is 0 Å². The van der Waals surface area contributed by atoms with Crippen molar-refractivity contribution in [3.63, 3.8) is 0 Å². The van der Waals surface area contributed by atoms with E-state index in [0.29, 0.717) is 28.7 Å². The number of aryl methyl sites for hydroxylation is 2. The highest BCUT2D eigenvalue weighted by Crippen LogP contribution is 2.38. The predicted molar refractivity (Wildman–Crippen MR) is 127 cm³/mol. The van der Waals surface area contributed by atoms with Crippen molar-refractivity contribution in [2.24, 2.45) is 7.05 Å². The number of hydrogen-bond donors (Lipinski definition) is 2. The number of furan rings is 1. The van der Waals surface area contributed by atoms with Crippen LogP contribution >= 0.6 is 0 Å². The quantitative estimate of drug-likeness (QED) is 0.352. The molecule has 0 saturated heterocycles. The number of hydrogen-bond acceptors (Lipinski definition) is 9. The number of sulfonamides is 1. The van der Waals surface area contributed by atoms with E-state index in [0.717, 1.165) is 0 Å². The van der Waals surface area contributed by atoms with Crippen molar-refractivity contribution >= 4 is 16.0 Å². The van der Waals surface area contributed by atoms with Gasteiger partial charge in [-0.25, -0.2) is 13.4 Å². The maximum atomic E-state index is 13.3. The van der Waals surface area contributed by atoms with Crippen molar-refractivity contribution in [3.05, 3.63) is 54.3 Å². The van der Waals surface area contributed by atoms with Crippen LogP contribution in [0.1, 0.15) is 24.6 Å². The summed E-state index contributed by atoms with van der Waals surface area (Å²) >= 11 is 0. The molecule has 3 heterocycles. The Bertz CT molecular complexity index is 1420. The molecular weight excluding hydrogens is 476 g/mol. The summed E-state index contributed by atoms with van der Waals surface area (Å²) in [7, 11) is 0.451. The molecule has 0 unspecified atom stereocenters. The molecule has 0 aliphatic rings. The Morgan fingerprint density at radius 2 is 1.80 bits per heavy atom. The van der Waals surface area contributed by atoms with E-state index in [9.17, 15) is 13.5 Å². The number of aromatic nitrogens is 5. The lowest BCUT2D eigenvalue weighted by atomic mass is 10.2. The normalized spacial score (nSPS) is 13.4. The van der Waals surface area contributed by atoms with Crippen LogP contribution in [-0.2, 0) is 17.1 Å². The summed E-state index contributed by atoms with van der Waals surface area (Å²) in [6.45, 7) is 3.15. The van der Waals surface area contributed by atoms with Crippen LogP contribution in [0.2, 0.25) is 0 Å². The second kappa shape index (κ2) is 9.43. The maximum absolute atomic E-state index is 13.3. The monoisotopic (exact) mass is 502 g/mol.